The number of hydrogen-bond donors (Lipinski definition) is 1. The fourth-order valence-corrected chi connectivity index (χ4v) is 1.23. The third-order valence-electron chi connectivity index (χ3n) is 2.07. The van der Waals surface area contributed by atoms with Crippen molar-refractivity contribution in [2.45, 2.75) is 20.8 Å². The van der Waals surface area contributed by atoms with Crippen LogP contribution in [0.4, 0.5) is 0 Å². The van der Waals surface area contributed by atoms with Crippen molar-refractivity contribution in [2.75, 3.05) is 0 Å². The average molecular weight is 190 g/mol. The minimum atomic E-state index is -0.233. The van der Waals surface area contributed by atoms with Gasteiger partial charge in [0.2, 0.25) is 0 Å². The number of nitrogens with one attached hydrogen (secondary N) is 1. The zero-order valence-electron chi connectivity index (χ0n) is 8.25. The molecule has 0 unspecified atom stereocenters. The molecule has 2 aromatic heterocycles. The molecule has 0 radical (unpaired) electrons. The Morgan fingerprint density at radius 2 is 1.64 bits per heavy atom. The second-order valence-electron chi connectivity index (χ2n) is 3.22. The van der Waals surface area contributed by atoms with Crippen LogP contribution in [0.25, 0.3) is 11.2 Å². The van der Waals surface area contributed by atoms with Crippen molar-refractivity contribution in [3.8, 4) is 0 Å². The Kier molecular flexibility index (Phi) is 1.80. The highest BCUT2D eigenvalue weighted by atomic mass is 16.1. The van der Waals surface area contributed by atoms with Crippen LogP contribution >= 0.6 is 0 Å². The van der Waals surface area contributed by atoms with Crippen LogP contribution in [0, 0.1) is 20.8 Å². The molecule has 0 aliphatic carbocycles. The number of rotatable bonds is 0. The minimum absolute atomic E-state index is 0.233. The molecular weight excluding hydrogens is 180 g/mol. The molecule has 0 aromatic carbocycles. The Hall–Kier alpha value is -1.78. The molecule has 2 rings (SSSR count). The summed E-state index contributed by atoms with van der Waals surface area (Å²) in [7, 11) is 0. The molecule has 0 spiro atoms. The molecule has 72 valence electrons. The number of aryl methyl sites for hydroxylation is 3. The van der Waals surface area contributed by atoms with E-state index in [1.807, 2.05) is 13.8 Å². The maximum absolute atomic E-state index is 11.5. The van der Waals surface area contributed by atoms with Crippen molar-refractivity contribution in [1.82, 2.24) is 19.9 Å². The van der Waals surface area contributed by atoms with Crippen molar-refractivity contribution >= 4 is 11.2 Å². The number of aromatic nitrogens is 4. The van der Waals surface area contributed by atoms with E-state index in [0.717, 1.165) is 11.4 Å². The second kappa shape index (κ2) is 2.87. The molecule has 0 bridgehead atoms. The van der Waals surface area contributed by atoms with E-state index >= 15 is 0 Å². The summed E-state index contributed by atoms with van der Waals surface area (Å²) in [5.41, 5.74) is 2.04. The third kappa shape index (κ3) is 1.26. The molecule has 2 heterocycles. The van der Waals surface area contributed by atoms with Crippen molar-refractivity contribution in [2.24, 2.45) is 0 Å². The van der Waals surface area contributed by atoms with Gasteiger partial charge in [-0.1, -0.05) is 0 Å². The first kappa shape index (κ1) is 8.80. The molecule has 5 nitrogen and oxygen atoms in total. The predicted molar refractivity (Wildman–Crippen MR) is 52.2 cm³/mol. The Morgan fingerprint density at radius 3 is 2.36 bits per heavy atom. The quantitative estimate of drug-likeness (QED) is 0.661. The van der Waals surface area contributed by atoms with Crippen LogP contribution in [0.1, 0.15) is 17.2 Å². The number of fused-ring (bicyclic) bond motifs is 1. The lowest BCUT2D eigenvalue weighted by Crippen LogP contribution is -2.13. The topological polar surface area (TPSA) is 71.5 Å². The smallest absolute Gasteiger partial charge is 0.279 e. The van der Waals surface area contributed by atoms with Crippen LogP contribution in [0.5, 0.6) is 0 Å². The Labute approximate surface area is 80.2 Å². The maximum Gasteiger partial charge on any atom is 0.279 e. The van der Waals surface area contributed by atoms with Gasteiger partial charge in [-0.15, -0.1) is 0 Å². The van der Waals surface area contributed by atoms with Crippen LogP contribution in [0.2, 0.25) is 0 Å². The van der Waals surface area contributed by atoms with Gasteiger partial charge in [-0.3, -0.25) is 4.79 Å². The predicted octanol–water partition coefficient (Wildman–Crippen LogP) is 0.638. The van der Waals surface area contributed by atoms with Gasteiger partial charge >= 0.3 is 0 Å². The van der Waals surface area contributed by atoms with E-state index in [9.17, 15) is 4.79 Å². The fourth-order valence-electron chi connectivity index (χ4n) is 1.23. The van der Waals surface area contributed by atoms with E-state index in [2.05, 4.69) is 19.9 Å². The van der Waals surface area contributed by atoms with E-state index in [1.165, 1.54) is 0 Å². The summed E-state index contributed by atoms with van der Waals surface area (Å²) < 4.78 is 0. The van der Waals surface area contributed by atoms with E-state index in [4.69, 9.17) is 0 Å². The molecule has 1 N–H and O–H groups in total. The summed E-state index contributed by atoms with van der Waals surface area (Å²) in [5, 5.41) is 0. The summed E-state index contributed by atoms with van der Waals surface area (Å²) in [6.07, 6.45) is 0. The van der Waals surface area contributed by atoms with Gasteiger partial charge in [0.1, 0.15) is 5.82 Å². The van der Waals surface area contributed by atoms with E-state index in [-0.39, 0.29) is 5.56 Å². The summed E-state index contributed by atoms with van der Waals surface area (Å²) in [6.45, 7) is 5.39. The highest BCUT2D eigenvalue weighted by molar-refractivity contribution is 5.68. The van der Waals surface area contributed by atoms with Crippen molar-refractivity contribution in [3.63, 3.8) is 0 Å². The maximum atomic E-state index is 11.5. The lowest BCUT2D eigenvalue weighted by molar-refractivity contribution is 0.997. The molecule has 0 saturated carbocycles. The van der Waals surface area contributed by atoms with Gasteiger partial charge in [0.05, 0.1) is 11.4 Å². The van der Waals surface area contributed by atoms with Gasteiger partial charge < -0.3 is 4.98 Å². The SMILES string of the molecule is Cc1nc2nc(C)c(C)nc2c(=O)[nH]1. The Bertz CT molecular complexity index is 558. The van der Waals surface area contributed by atoms with Crippen LogP contribution in [-0.4, -0.2) is 19.9 Å². The van der Waals surface area contributed by atoms with Gasteiger partial charge in [-0.05, 0) is 20.8 Å². The number of H-pyrrole nitrogens is 1. The molecular formula is C9H10N4O. The summed E-state index contributed by atoms with van der Waals surface area (Å²) in [4.78, 5) is 26.5. The normalized spacial score (nSPS) is 10.8. The van der Waals surface area contributed by atoms with Crippen LogP contribution in [0.15, 0.2) is 4.79 Å². The number of hydrogen-bond acceptors (Lipinski definition) is 4. The zero-order valence-corrected chi connectivity index (χ0v) is 8.25. The first-order chi connectivity index (χ1) is 6.58. The van der Waals surface area contributed by atoms with Gasteiger partial charge in [0.15, 0.2) is 11.2 Å². The lowest BCUT2D eigenvalue weighted by atomic mass is 10.3. The van der Waals surface area contributed by atoms with Gasteiger partial charge in [-0.25, -0.2) is 15.0 Å². The number of nitrogens with zero attached hydrogens (tertiary/aromatic N) is 3. The molecule has 0 fully saturated rings. The van der Waals surface area contributed by atoms with E-state index < -0.39 is 0 Å². The monoisotopic (exact) mass is 190 g/mol. The minimum Gasteiger partial charge on any atom is -0.309 e. The van der Waals surface area contributed by atoms with Gasteiger partial charge in [0, 0.05) is 0 Å². The molecule has 2 aromatic rings. The lowest BCUT2D eigenvalue weighted by Gasteiger charge is -2.01. The third-order valence-corrected chi connectivity index (χ3v) is 2.07. The van der Waals surface area contributed by atoms with Crippen LogP contribution in [-0.2, 0) is 0 Å². The van der Waals surface area contributed by atoms with E-state index in [1.54, 1.807) is 6.92 Å². The van der Waals surface area contributed by atoms with Crippen molar-refractivity contribution < 1.29 is 0 Å². The molecule has 0 atom stereocenters. The molecule has 0 aliphatic heterocycles. The van der Waals surface area contributed by atoms with E-state index in [0.29, 0.717) is 17.0 Å². The first-order valence-electron chi connectivity index (χ1n) is 4.30. The summed E-state index contributed by atoms with van der Waals surface area (Å²) in [6, 6.07) is 0. The molecule has 0 aliphatic rings. The Morgan fingerprint density at radius 1 is 1.00 bits per heavy atom. The van der Waals surface area contributed by atoms with Gasteiger partial charge in [0.25, 0.3) is 5.56 Å². The molecule has 0 saturated heterocycles. The van der Waals surface area contributed by atoms with Crippen LogP contribution in [0.3, 0.4) is 0 Å². The first-order valence-corrected chi connectivity index (χ1v) is 4.30. The molecule has 0 amide bonds. The second-order valence-corrected chi connectivity index (χ2v) is 3.22. The summed E-state index contributed by atoms with van der Waals surface area (Å²) >= 11 is 0. The zero-order chi connectivity index (χ0) is 10.3. The Balaban J connectivity index is 2.96. The fraction of sp³-hybridized carbons (Fsp3) is 0.333. The largest absolute Gasteiger partial charge is 0.309 e. The number of aromatic amines is 1. The molecule has 14 heavy (non-hydrogen) atoms. The summed E-state index contributed by atoms with van der Waals surface area (Å²) in [5.74, 6) is 0.556. The van der Waals surface area contributed by atoms with Crippen molar-refractivity contribution in [3.05, 3.63) is 27.6 Å². The molecule has 5 heteroatoms. The highest BCUT2D eigenvalue weighted by Gasteiger charge is 2.06. The standard InChI is InChI=1S/C9H10N4O/c1-4-5(2)11-8-7(10-4)9(14)13-6(3)12-8/h1-3H3,(H,11,12,13,14). The van der Waals surface area contributed by atoms with Gasteiger partial charge in [-0.2, -0.15) is 0 Å². The van der Waals surface area contributed by atoms with Crippen LogP contribution < -0.4 is 5.56 Å². The van der Waals surface area contributed by atoms with Crippen molar-refractivity contribution in [1.29, 1.82) is 0 Å². The highest BCUT2D eigenvalue weighted by Crippen LogP contribution is 2.05. The average Bonchev–Trinajstić information content (AvgIpc) is 2.08.